The fraction of sp³-hybridized carbons (Fsp3) is 0.200. The Morgan fingerprint density at radius 3 is 2.53 bits per heavy atom. The summed E-state index contributed by atoms with van der Waals surface area (Å²) >= 11 is 0. The van der Waals surface area contributed by atoms with E-state index in [4.69, 9.17) is 4.74 Å². The van der Waals surface area contributed by atoms with Crippen molar-refractivity contribution in [3.05, 3.63) is 83.1 Å². The van der Waals surface area contributed by atoms with Crippen molar-refractivity contribution >= 4 is 28.8 Å². The lowest BCUT2D eigenvalue weighted by atomic mass is 10.0. The minimum absolute atomic E-state index is 0.269. The molecule has 1 fully saturated rings. The van der Waals surface area contributed by atoms with Gasteiger partial charge in [-0.3, -0.25) is 9.69 Å². The van der Waals surface area contributed by atoms with Gasteiger partial charge < -0.3 is 10.1 Å². The number of carbonyl (C=O) groups is 2. The number of amides is 3. The quantitative estimate of drug-likeness (QED) is 0.466. The molecule has 0 radical (unpaired) electrons. The van der Waals surface area contributed by atoms with Gasteiger partial charge in [-0.1, -0.05) is 67.1 Å². The van der Waals surface area contributed by atoms with Gasteiger partial charge in [0.1, 0.15) is 18.1 Å². The maximum atomic E-state index is 12.7. The highest BCUT2D eigenvalue weighted by Gasteiger charge is 2.33. The maximum absolute atomic E-state index is 12.7. The summed E-state index contributed by atoms with van der Waals surface area (Å²) in [6.45, 7) is 4.79. The highest BCUT2D eigenvalue weighted by Crippen LogP contribution is 2.31. The molecule has 3 aromatic carbocycles. The van der Waals surface area contributed by atoms with Gasteiger partial charge in [-0.05, 0) is 41.8 Å². The Morgan fingerprint density at radius 2 is 1.77 bits per heavy atom. The van der Waals surface area contributed by atoms with E-state index in [-0.39, 0.29) is 17.6 Å². The molecule has 0 saturated carbocycles. The summed E-state index contributed by atoms with van der Waals surface area (Å²) in [6, 6.07) is 19.6. The second-order valence-corrected chi connectivity index (χ2v) is 7.42. The molecule has 1 aliphatic rings. The van der Waals surface area contributed by atoms with Crippen LogP contribution in [0.3, 0.4) is 0 Å². The van der Waals surface area contributed by atoms with Crippen LogP contribution in [0, 0.1) is 6.92 Å². The smallest absolute Gasteiger partial charge is 0.329 e. The molecule has 0 aromatic heterocycles. The summed E-state index contributed by atoms with van der Waals surface area (Å²) in [7, 11) is 0. The van der Waals surface area contributed by atoms with E-state index in [2.05, 4.69) is 17.4 Å². The predicted molar refractivity (Wildman–Crippen MR) is 118 cm³/mol. The van der Waals surface area contributed by atoms with Gasteiger partial charge in [-0.15, -0.1) is 0 Å². The van der Waals surface area contributed by atoms with E-state index in [1.807, 2.05) is 62.4 Å². The van der Waals surface area contributed by atoms with Crippen LogP contribution in [0.25, 0.3) is 16.8 Å². The summed E-state index contributed by atoms with van der Waals surface area (Å²) < 4.78 is 6.14. The van der Waals surface area contributed by atoms with Crippen LogP contribution in [0.4, 0.5) is 4.79 Å². The molecule has 1 saturated heterocycles. The number of aryl methyl sites for hydroxylation is 1. The standard InChI is InChI=1S/C25H24N2O3/c1-3-14-27-24(28)22(26-25(27)29)15-21-20-7-5-4-6-19(20)12-13-23(21)30-16-18-10-8-17(2)9-11-18/h4-13,15H,3,14,16H2,1-2H3,(H,26,29)/b22-15+. The number of carbonyl (C=O) groups excluding carboxylic acids is 2. The molecular formula is C25H24N2O3. The fourth-order valence-electron chi connectivity index (χ4n) is 3.54. The van der Waals surface area contributed by atoms with Crippen LogP contribution < -0.4 is 10.1 Å². The third kappa shape index (κ3) is 3.92. The SMILES string of the molecule is CCCN1C(=O)N/C(=C/c2c(OCc3ccc(C)cc3)ccc3ccccc23)C1=O. The van der Waals surface area contributed by atoms with Gasteiger partial charge in [-0.2, -0.15) is 0 Å². The monoisotopic (exact) mass is 400 g/mol. The van der Waals surface area contributed by atoms with Crippen molar-refractivity contribution in [2.24, 2.45) is 0 Å². The molecule has 4 rings (SSSR count). The number of nitrogens with zero attached hydrogens (tertiary/aromatic N) is 1. The Bertz CT molecular complexity index is 1130. The zero-order chi connectivity index (χ0) is 21.1. The molecule has 5 nitrogen and oxygen atoms in total. The molecular weight excluding hydrogens is 376 g/mol. The van der Waals surface area contributed by atoms with Crippen molar-refractivity contribution in [3.63, 3.8) is 0 Å². The molecule has 1 heterocycles. The molecule has 5 heteroatoms. The van der Waals surface area contributed by atoms with Crippen LogP contribution in [0.15, 0.2) is 66.4 Å². The fourth-order valence-corrected chi connectivity index (χ4v) is 3.54. The normalized spacial score (nSPS) is 15.1. The summed E-state index contributed by atoms with van der Waals surface area (Å²) in [5.74, 6) is 0.358. The van der Waals surface area contributed by atoms with Crippen LogP contribution in [0.5, 0.6) is 5.75 Å². The molecule has 3 amide bonds. The Morgan fingerprint density at radius 1 is 1.00 bits per heavy atom. The first kappa shape index (κ1) is 19.7. The van der Waals surface area contributed by atoms with Gasteiger partial charge in [-0.25, -0.2) is 4.79 Å². The van der Waals surface area contributed by atoms with Gasteiger partial charge in [0.05, 0.1) is 0 Å². The largest absolute Gasteiger partial charge is 0.488 e. The molecule has 1 aliphatic heterocycles. The molecule has 0 aliphatic carbocycles. The third-order valence-electron chi connectivity index (χ3n) is 5.14. The Balaban J connectivity index is 1.71. The van der Waals surface area contributed by atoms with Crippen LogP contribution >= 0.6 is 0 Å². The van der Waals surface area contributed by atoms with Gasteiger partial charge in [0.2, 0.25) is 0 Å². The first-order valence-electron chi connectivity index (χ1n) is 10.1. The van der Waals surface area contributed by atoms with Crippen molar-refractivity contribution < 1.29 is 14.3 Å². The van der Waals surface area contributed by atoms with E-state index in [0.717, 1.165) is 21.9 Å². The van der Waals surface area contributed by atoms with Crippen molar-refractivity contribution in [2.75, 3.05) is 6.54 Å². The Labute approximate surface area is 176 Å². The second-order valence-electron chi connectivity index (χ2n) is 7.42. The first-order valence-corrected chi connectivity index (χ1v) is 10.1. The zero-order valence-corrected chi connectivity index (χ0v) is 17.1. The minimum atomic E-state index is -0.379. The lowest BCUT2D eigenvalue weighted by Crippen LogP contribution is -2.31. The number of hydrogen-bond donors (Lipinski definition) is 1. The number of fused-ring (bicyclic) bond motifs is 1. The topological polar surface area (TPSA) is 58.6 Å². The number of rotatable bonds is 6. The molecule has 1 N–H and O–H groups in total. The second kappa shape index (κ2) is 8.41. The lowest BCUT2D eigenvalue weighted by Gasteiger charge is -2.13. The molecule has 0 unspecified atom stereocenters. The zero-order valence-electron chi connectivity index (χ0n) is 17.1. The Kier molecular flexibility index (Phi) is 5.53. The highest BCUT2D eigenvalue weighted by atomic mass is 16.5. The van der Waals surface area contributed by atoms with Gasteiger partial charge >= 0.3 is 6.03 Å². The van der Waals surface area contributed by atoms with Crippen LogP contribution in [-0.2, 0) is 11.4 Å². The van der Waals surface area contributed by atoms with Gasteiger partial charge in [0.15, 0.2) is 0 Å². The summed E-state index contributed by atoms with van der Waals surface area (Å²) in [6.07, 6.45) is 2.44. The van der Waals surface area contributed by atoms with E-state index >= 15 is 0 Å². The van der Waals surface area contributed by atoms with Gasteiger partial charge in [0.25, 0.3) is 5.91 Å². The molecule has 0 bridgehead atoms. The van der Waals surface area contributed by atoms with E-state index < -0.39 is 0 Å². The maximum Gasteiger partial charge on any atom is 0.329 e. The molecule has 0 atom stereocenters. The number of nitrogens with one attached hydrogen (secondary N) is 1. The van der Waals surface area contributed by atoms with E-state index in [1.165, 1.54) is 10.5 Å². The first-order chi connectivity index (χ1) is 14.6. The summed E-state index contributed by atoms with van der Waals surface area (Å²) in [5, 5.41) is 4.70. The Hall–Kier alpha value is -3.60. The summed E-state index contributed by atoms with van der Waals surface area (Å²) in [4.78, 5) is 26.1. The van der Waals surface area contributed by atoms with Crippen LogP contribution in [-0.4, -0.2) is 23.4 Å². The van der Waals surface area contributed by atoms with E-state index in [9.17, 15) is 9.59 Å². The van der Waals surface area contributed by atoms with Crippen molar-refractivity contribution in [1.29, 1.82) is 0 Å². The van der Waals surface area contributed by atoms with Gasteiger partial charge in [0, 0.05) is 12.1 Å². The average Bonchev–Trinajstić information content (AvgIpc) is 3.02. The molecule has 152 valence electrons. The predicted octanol–water partition coefficient (Wildman–Crippen LogP) is 5.03. The average molecular weight is 400 g/mol. The molecule has 30 heavy (non-hydrogen) atoms. The number of urea groups is 1. The summed E-state index contributed by atoms with van der Waals surface area (Å²) in [5.41, 5.74) is 3.31. The number of imide groups is 1. The number of benzene rings is 3. The van der Waals surface area contributed by atoms with Crippen molar-refractivity contribution in [2.45, 2.75) is 26.9 Å². The molecule has 3 aromatic rings. The minimum Gasteiger partial charge on any atom is -0.488 e. The lowest BCUT2D eigenvalue weighted by molar-refractivity contribution is -0.122. The highest BCUT2D eigenvalue weighted by molar-refractivity contribution is 6.14. The van der Waals surface area contributed by atoms with Crippen LogP contribution in [0.2, 0.25) is 0 Å². The van der Waals surface area contributed by atoms with E-state index in [1.54, 1.807) is 6.08 Å². The van der Waals surface area contributed by atoms with Crippen molar-refractivity contribution in [1.82, 2.24) is 10.2 Å². The number of ether oxygens (including phenoxy) is 1. The van der Waals surface area contributed by atoms with Crippen LogP contribution in [0.1, 0.15) is 30.0 Å². The van der Waals surface area contributed by atoms with Crippen molar-refractivity contribution in [3.8, 4) is 5.75 Å². The molecule has 0 spiro atoms. The van der Waals surface area contributed by atoms with E-state index in [0.29, 0.717) is 25.3 Å². The third-order valence-corrected chi connectivity index (χ3v) is 5.14. The number of hydrogen-bond acceptors (Lipinski definition) is 3.